The summed E-state index contributed by atoms with van der Waals surface area (Å²) >= 11 is 1.87. The zero-order valence-corrected chi connectivity index (χ0v) is 19.5. The van der Waals surface area contributed by atoms with Crippen molar-refractivity contribution in [3.63, 3.8) is 0 Å². The molecular formula is C20H31N7Na2O7S. The molecule has 3 fully saturated rings. The zero-order chi connectivity index (χ0) is 25.1. The van der Waals surface area contributed by atoms with Crippen LogP contribution >= 0.6 is 11.8 Å². The number of carboxylic acids is 1. The summed E-state index contributed by atoms with van der Waals surface area (Å²) in [7, 11) is 0. The van der Waals surface area contributed by atoms with Gasteiger partial charge in [-0.15, -0.1) is 0 Å². The van der Waals surface area contributed by atoms with Gasteiger partial charge in [-0.1, -0.05) is 6.42 Å². The second kappa shape index (κ2) is 14.6. The van der Waals surface area contributed by atoms with E-state index in [1.165, 1.54) is 17.2 Å². The van der Waals surface area contributed by atoms with E-state index in [1.54, 1.807) is 0 Å². The summed E-state index contributed by atoms with van der Waals surface area (Å²) in [6.07, 6.45) is 1.46. The Balaban J connectivity index is 0.000000250. The van der Waals surface area contributed by atoms with Crippen molar-refractivity contribution >= 4 is 99.9 Å². The Hall–Kier alpha value is -0.720. The number of imidazole rings is 1. The molecule has 0 saturated carbocycles. The number of urea groups is 1. The quantitative estimate of drug-likeness (QED) is 0.107. The molecule has 3 aliphatic heterocycles. The Morgan fingerprint density at radius 3 is 2.62 bits per heavy atom. The molecule has 0 bridgehead atoms. The first kappa shape index (κ1) is 32.5. The molecule has 0 unspecified atom stereocenters. The van der Waals surface area contributed by atoms with Gasteiger partial charge < -0.3 is 41.5 Å². The summed E-state index contributed by atoms with van der Waals surface area (Å²) in [5, 5.41) is 43.5. The molecule has 0 radical (unpaired) electrons. The molecule has 2 aromatic heterocycles. The molecule has 37 heavy (non-hydrogen) atoms. The van der Waals surface area contributed by atoms with Crippen LogP contribution in [0.3, 0.4) is 0 Å². The molecule has 17 heteroatoms. The number of ether oxygens (including phenoxy) is 1. The first-order valence-electron chi connectivity index (χ1n) is 11.3. The summed E-state index contributed by atoms with van der Waals surface area (Å²) in [5.41, 5.74) is 6.44. The summed E-state index contributed by atoms with van der Waals surface area (Å²) < 4.78 is 6.85. The number of thioether (sulfide) groups is 1. The first-order valence-corrected chi connectivity index (χ1v) is 12.3. The molecule has 3 saturated heterocycles. The molecule has 5 rings (SSSR count). The second-order valence-electron chi connectivity index (χ2n) is 8.57. The van der Waals surface area contributed by atoms with Crippen molar-refractivity contribution in [3.05, 3.63) is 12.7 Å². The van der Waals surface area contributed by atoms with Gasteiger partial charge in [0, 0.05) is 17.4 Å². The fraction of sp³-hybridized carbons (Fsp3) is 0.650. The third-order valence-electron chi connectivity index (χ3n) is 6.25. The van der Waals surface area contributed by atoms with Crippen LogP contribution in [0.25, 0.3) is 11.2 Å². The topological polar surface area (TPSA) is 218 Å². The predicted octanol–water partition coefficient (Wildman–Crippen LogP) is -2.48. The van der Waals surface area contributed by atoms with Gasteiger partial charge in [-0.3, -0.25) is 9.36 Å². The molecule has 2 amide bonds. The van der Waals surface area contributed by atoms with Gasteiger partial charge in [-0.2, -0.15) is 11.8 Å². The first-order chi connectivity index (χ1) is 16.8. The Labute approximate surface area is 261 Å². The second-order valence-corrected chi connectivity index (χ2v) is 9.85. The van der Waals surface area contributed by atoms with Crippen molar-refractivity contribution in [1.29, 1.82) is 0 Å². The van der Waals surface area contributed by atoms with Crippen molar-refractivity contribution in [2.24, 2.45) is 0 Å². The van der Waals surface area contributed by atoms with Gasteiger partial charge in [0.1, 0.15) is 30.2 Å². The third-order valence-corrected chi connectivity index (χ3v) is 7.75. The van der Waals surface area contributed by atoms with E-state index in [0.717, 1.165) is 25.0 Å². The number of nitrogen functional groups attached to an aromatic ring is 1. The fourth-order valence-corrected chi connectivity index (χ4v) is 5.97. The summed E-state index contributed by atoms with van der Waals surface area (Å²) in [4.78, 5) is 33.4. The van der Waals surface area contributed by atoms with Crippen molar-refractivity contribution in [3.8, 4) is 0 Å². The average molecular weight is 560 g/mol. The van der Waals surface area contributed by atoms with Crippen LogP contribution in [0.1, 0.15) is 31.9 Å². The molecule has 2 aromatic rings. The number of nitrogens with one attached hydrogen (secondary N) is 2. The molecule has 196 valence electrons. The van der Waals surface area contributed by atoms with Gasteiger partial charge in [0.25, 0.3) is 0 Å². The number of hydrogen-bond donors (Lipinski definition) is 7. The number of unbranched alkanes of at least 4 members (excludes halogenated alkanes) is 1. The Bertz CT molecular complexity index is 1070. The Morgan fingerprint density at radius 1 is 1.19 bits per heavy atom. The molecule has 5 heterocycles. The number of hydrogen-bond acceptors (Lipinski definition) is 11. The molecule has 7 atom stereocenters. The number of nitrogens with two attached hydrogens (primary N) is 1. The number of carbonyl (C=O) groups excluding carboxylic acids is 1. The number of fused-ring (bicyclic) bond motifs is 2. The number of carboxylic acid groups (broad SMARTS) is 1. The number of aromatic nitrogens is 4. The number of nitrogens with zero attached hydrogens (tertiary/aromatic N) is 4. The van der Waals surface area contributed by atoms with Crippen LogP contribution in [0.15, 0.2) is 12.7 Å². The van der Waals surface area contributed by atoms with E-state index < -0.39 is 37.1 Å². The molecule has 3 aliphatic rings. The normalized spacial score (nSPS) is 29.8. The Morgan fingerprint density at radius 2 is 1.95 bits per heavy atom. The minimum absolute atomic E-state index is 0. The van der Waals surface area contributed by atoms with Gasteiger partial charge in [0.2, 0.25) is 0 Å². The number of aliphatic hydroxyl groups is 3. The van der Waals surface area contributed by atoms with Crippen LogP contribution in [-0.4, -0.2) is 159 Å². The van der Waals surface area contributed by atoms with E-state index in [9.17, 15) is 19.8 Å². The number of aliphatic carboxylic acids is 1. The van der Waals surface area contributed by atoms with Gasteiger partial charge in [-0.05, 0) is 12.8 Å². The fourth-order valence-electron chi connectivity index (χ4n) is 4.43. The van der Waals surface area contributed by atoms with Crippen molar-refractivity contribution in [2.75, 3.05) is 18.1 Å². The van der Waals surface area contributed by atoms with Gasteiger partial charge in [-0.25, -0.2) is 19.7 Å². The monoisotopic (exact) mass is 559 g/mol. The number of aliphatic hydroxyl groups excluding tert-OH is 3. The standard InChI is InChI=1S/C10H13N5O4.C10H16N2O3S.2Na.2H/c11-8-5-9(13-2-12-8)15(3-14-5)10-7(18)6(17)4(1-16)19-10;13-8(14)4-2-1-3-7-9-6(5-16-7)11-10(15)12-9;;;;/h2-4,6-7,10,16-18H,1H2,(H2,11,12,13);6-7,9H,1-5H2,(H,13,14)(H2,11,12,15);;;;/t4-,6-,7-,10-;6-,7-,9-;;;;/m10..../s1. The van der Waals surface area contributed by atoms with Crippen LogP contribution in [0.2, 0.25) is 0 Å². The van der Waals surface area contributed by atoms with Gasteiger partial charge in [0.15, 0.2) is 17.7 Å². The van der Waals surface area contributed by atoms with Crippen LogP contribution < -0.4 is 16.4 Å². The number of amides is 2. The molecule has 8 N–H and O–H groups in total. The Kier molecular flexibility index (Phi) is 12.8. The number of rotatable bonds is 7. The summed E-state index contributed by atoms with van der Waals surface area (Å²) in [5.74, 6) is 0.454. The van der Waals surface area contributed by atoms with E-state index >= 15 is 0 Å². The van der Waals surface area contributed by atoms with Crippen LogP contribution in [0.4, 0.5) is 10.6 Å². The van der Waals surface area contributed by atoms with Crippen LogP contribution in [-0.2, 0) is 9.53 Å². The summed E-state index contributed by atoms with van der Waals surface area (Å²) in [6.45, 7) is -0.390. The molecule has 0 spiro atoms. The minimum atomic E-state index is -1.19. The number of carbonyl (C=O) groups is 2. The van der Waals surface area contributed by atoms with E-state index in [2.05, 4.69) is 25.6 Å². The predicted molar refractivity (Wildman–Crippen MR) is 139 cm³/mol. The molecule has 0 aliphatic carbocycles. The zero-order valence-electron chi connectivity index (χ0n) is 18.7. The van der Waals surface area contributed by atoms with E-state index in [-0.39, 0.29) is 89.5 Å². The van der Waals surface area contributed by atoms with Crippen LogP contribution in [0, 0.1) is 0 Å². The average Bonchev–Trinajstić information content (AvgIpc) is 3.57. The van der Waals surface area contributed by atoms with Gasteiger partial charge in [0.05, 0.1) is 25.0 Å². The van der Waals surface area contributed by atoms with Crippen molar-refractivity contribution in [1.82, 2.24) is 30.2 Å². The molecule has 0 aromatic carbocycles. The van der Waals surface area contributed by atoms with E-state index in [1.807, 2.05) is 11.8 Å². The molecular weight excluding hydrogens is 528 g/mol. The van der Waals surface area contributed by atoms with E-state index in [0.29, 0.717) is 16.4 Å². The van der Waals surface area contributed by atoms with Gasteiger partial charge >= 0.3 is 71.1 Å². The molecule has 14 nitrogen and oxygen atoms in total. The van der Waals surface area contributed by atoms with Crippen LogP contribution in [0.5, 0.6) is 0 Å². The van der Waals surface area contributed by atoms with Crippen molar-refractivity contribution < 1.29 is 34.8 Å². The summed E-state index contributed by atoms with van der Waals surface area (Å²) in [6, 6.07) is 0.440. The third kappa shape index (κ3) is 7.48. The maximum absolute atomic E-state index is 11.1. The maximum atomic E-state index is 11.1. The van der Waals surface area contributed by atoms with E-state index in [4.69, 9.17) is 20.7 Å². The SMILES string of the molecule is Nc1ncnc2c1ncn2[C@@H]1O[C@H](CO)[C@@H](O)[C@H]1O.O=C(O)CCCC[C@@H]1SC[C@@H]2NC(=O)N[C@@H]21.[NaH].[NaH]. The number of anilines is 1. The van der Waals surface area contributed by atoms with Crippen molar-refractivity contribution in [2.45, 2.75) is 67.6 Å².